The first-order chi connectivity index (χ1) is 25.3. The van der Waals surface area contributed by atoms with Crippen LogP contribution in [-0.4, -0.2) is 167 Å². The minimum Gasteiger partial charge on any atom is -0.459 e. The minimum absolute atomic E-state index is 0.116. The number of rotatable bonds is 8. The van der Waals surface area contributed by atoms with Gasteiger partial charge in [-0.15, -0.1) is 0 Å². The summed E-state index contributed by atoms with van der Waals surface area (Å²) in [6, 6.07) is -0.836. The number of carbonyl (C=O) groups excluding carboxylic acids is 2. The number of aliphatic hydroxyl groups excluding tert-OH is 2. The molecular weight excluding hydrogens is 716 g/mol. The van der Waals surface area contributed by atoms with E-state index in [9.17, 15) is 30.0 Å². The van der Waals surface area contributed by atoms with Gasteiger partial charge in [-0.3, -0.25) is 9.59 Å². The van der Waals surface area contributed by atoms with E-state index in [1.807, 2.05) is 51.7 Å². The van der Waals surface area contributed by atoms with Crippen LogP contribution < -0.4 is 0 Å². The van der Waals surface area contributed by atoms with Gasteiger partial charge in [-0.1, -0.05) is 20.8 Å². The summed E-state index contributed by atoms with van der Waals surface area (Å²) in [4.78, 5) is 30.2. The van der Waals surface area contributed by atoms with Gasteiger partial charge < -0.3 is 63.4 Å². The summed E-state index contributed by atoms with van der Waals surface area (Å²) in [5.74, 6) is -3.16. The monoisotopic (exact) mass is 791 g/mol. The lowest BCUT2D eigenvalue weighted by Crippen LogP contribution is -2.61. The molecule has 3 saturated heterocycles. The molecule has 0 bridgehead atoms. The van der Waals surface area contributed by atoms with E-state index in [0.29, 0.717) is 13.0 Å². The molecular formula is C40H74N2O13. The zero-order valence-electron chi connectivity index (χ0n) is 36.1. The molecule has 4 N–H and O–H groups in total. The molecule has 0 aromatic rings. The van der Waals surface area contributed by atoms with Crippen LogP contribution in [0.5, 0.6) is 0 Å². The first-order valence-electron chi connectivity index (χ1n) is 20.0. The molecule has 0 spiro atoms. The van der Waals surface area contributed by atoms with Crippen LogP contribution in [0.4, 0.5) is 0 Å². The van der Waals surface area contributed by atoms with E-state index < -0.39 is 102 Å². The summed E-state index contributed by atoms with van der Waals surface area (Å²) < 4.78 is 43.6. The number of hydrogen-bond acceptors (Lipinski definition) is 15. The molecule has 18 atom stereocenters. The Morgan fingerprint density at radius 1 is 0.982 bits per heavy atom. The predicted octanol–water partition coefficient (Wildman–Crippen LogP) is 2.47. The highest BCUT2D eigenvalue weighted by Crippen LogP contribution is 2.40. The van der Waals surface area contributed by atoms with Crippen molar-refractivity contribution in [2.24, 2.45) is 17.8 Å². The molecule has 0 amide bonds. The summed E-state index contributed by atoms with van der Waals surface area (Å²) >= 11 is 0. The molecule has 55 heavy (non-hydrogen) atoms. The lowest BCUT2D eigenvalue weighted by Gasteiger charge is -2.49. The second-order valence-corrected chi connectivity index (χ2v) is 17.8. The van der Waals surface area contributed by atoms with Crippen molar-refractivity contribution in [1.29, 1.82) is 0 Å². The van der Waals surface area contributed by atoms with Crippen LogP contribution in [0.25, 0.3) is 0 Å². The molecule has 0 radical (unpaired) electrons. The molecule has 3 aliphatic heterocycles. The van der Waals surface area contributed by atoms with Crippen LogP contribution >= 0.6 is 0 Å². The van der Waals surface area contributed by atoms with Gasteiger partial charge in [0.15, 0.2) is 18.7 Å². The predicted molar refractivity (Wildman–Crippen MR) is 204 cm³/mol. The lowest BCUT2D eigenvalue weighted by atomic mass is 9.77. The van der Waals surface area contributed by atoms with Crippen molar-refractivity contribution in [3.63, 3.8) is 0 Å². The Balaban J connectivity index is 2.18. The molecule has 15 nitrogen and oxygen atoms in total. The molecule has 3 aliphatic rings. The maximum Gasteiger partial charge on any atom is 0.311 e. The van der Waals surface area contributed by atoms with Crippen LogP contribution in [0.1, 0.15) is 102 Å². The second kappa shape index (κ2) is 19.0. The smallest absolute Gasteiger partial charge is 0.311 e. The number of methoxy groups -OCH3 is 1. The van der Waals surface area contributed by atoms with Crippen LogP contribution in [0.2, 0.25) is 0 Å². The Labute approximate surface area is 329 Å². The number of ether oxygens (including phenoxy) is 7. The molecule has 3 heterocycles. The van der Waals surface area contributed by atoms with Crippen molar-refractivity contribution in [1.82, 2.24) is 9.80 Å². The maximum atomic E-state index is 14.3. The Morgan fingerprint density at radius 2 is 1.60 bits per heavy atom. The Kier molecular flexibility index (Phi) is 16.6. The third kappa shape index (κ3) is 11.2. The van der Waals surface area contributed by atoms with Crippen LogP contribution in [-0.2, 0) is 42.7 Å². The normalized spacial score (nSPS) is 47.4. The average molecular weight is 791 g/mol. The fraction of sp³-hybridized carbons (Fsp3) is 0.950. The van der Waals surface area contributed by atoms with E-state index in [0.717, 1.165) is 0 Å². The highest BCUT2D eigenvalue weighted by atomic mass is 16.7. The molecule has 0 aromatic heterocycles. The Bertz CT molecular complexity index is 1250. The van der Waals surface area contributed by atoms with E-state index in [4.69, 9.17) is 33.2 Å². The third-order valence-electron chi connectivity index (χ3n) is 12.5. The molecule has 0 saturated carbocycles. The summed E-state index contributed by atoms with van der Waals surface area (Å²) in [7, 11) is 7.11. The maximum absolute atomic E-state index is 14.3. The molecule has 4 unspecified atom stereocenters. The summed E-state index contributed by atoms with van der Waals surface area (Å²) in [5.41, 5.74) is -4.42. The molecule has 0 aromatic carbocycles. The second-order valence-electron chi connectivity index (χ2n) is 17.8. The van der Waals surface area contributed by atoms with Crippen molar-refractivity contribution in [3.8, 4) is 0 Å². The van der Waals surface area contributed by atoms with E-state index >= 15 is 0 Å². The van der Waals surface area contributed by atoms with Crippen molar-refractivity contribution in [2.45, 2.75) is 192 Å². The van der Waals surface area contributed by atoms with E-state index in [1.165, 1.54) is 21.0 Å². The number of likely N-dealkylation sites (N-methyl/N-ethyl adjacent to an activating group) is 2. The van der Waals surface area contributed by atoms with E-state index in [-0.39, 0.29) is 37.3 Å². The third-order valence-corrected chi connectivity index (χ3v) is 12.5. The van der Waals surface area contributed by atoms with Crippen molar-refractivity contribution >= 4 is 11.9 Å². The number of nitrogens with zero attached hydrogens (tertiary/aromatic N) is 2. The van der Waals surface area contributed by atoms with Crippen LogP contribution in [0.15, 0.2) is 0 Å². The summed E-state index contributed by atoms with van der Waals surface area (Å²) in [5, 5.41) is 47.4. The molecule has 322 valence electrons. The van der Waals surface area contributed by atoms with Gasteiger partial charge in [-0.25, -0.2) is 0 Å². The quantitative estimate of drug-likeness (QED) is 0.263. The van der Waals surface area contributed by atoms with Crippen LogP contribution in [0.3, 0.4) is 0 Å². The van der Waals surface area contributed by atoms with E-state index in [1.54, 1.807) is 41.5 Å². The zero-order chi connectivity index (χ0) is 42.0. The first kappa shape index (κ1) is 47.9. The van der Waals surface area contributed by atoms with Crippen molar-refractivity contribution < 1.29 is 63.2 Å². The minimum atomic E-state index is -1.82. The van der Waals surface area contributed by atoms with Crippen molar-refractivity contribution in [2.75, 3.05) is 34.8 Å². The van der Waals surface area contributed by atoms with Crippen LogP contribution in [0, 0.1) is 17.8 Å². The van der Waals surface area contributed by atoms with Gasteiger partial charge in [0.05, 0.1) is 35.9 Å². The molecule has 0 aliphatic carbocycles. The van der Waals surface area contributed by atoms with Crippen molar-refractivity contribution in [3.05, 3.63) is 0 Å². The number of hydrogen-bond donors (Lipinski definition) is 4. The van der Waals surface area contributed by atoms with Gasteiger partial charge in [0, 0.05) is 45.0 Å². The fourth-order valence-corrected chi connectivity index (χ4v) is 9.12. The van der Waals surface area contributed by atoms with Gasteiger partial charge in [0.25, 0.3) is 0 Å². The topological polar surface area (TPSA) is 186 Å². The Morgan fingerprint density at radius 3 is 2.15 bits per heavy atom. The number of carbonyl (C=O) groups is 2. The average Bonchev–Trinajstić information content (AvgIpc) is 3.08. The molecule has 15 heteroatoms. The van der Waals surface area contributed by atoms with Gasteiger partial charge in [0.1, 0.15) is 29.5 Å². The summed E-state index contributed by atoms with van der Waals surface area (Å²) in [6.45, 7) is 19.4. The number of aliphatic hydroxyl groups is 4. The molecule has 3 rings (SSSR count). The largest absolute Gasteiger partial charge is 0.459 e. The fourth-order valence-electron chi connectivity index (χ4n) is 9.12. The Hall–Kier alpha value is -1.50. The lowest BCUT2D eigenvalue weighted by molar-refractivity contribution is -0.318. The van der Waals surface area contributed by atoms with Gasteiger partial charge >= 0.3 is 11.9 Å². The highest BCUT2D eigenvalue weighted by Gasteiger charge is 2.53. The highest BCUT2D eigenvalue weighted by molar-refractivity contribution is 5.73. The van der Waals surface area contributed by atoms with Gasteiger partial charge in [-0.05, 0) is 94.8 Å². The van der Waals surface area contributed by atoms with E-state index in [2.05, 4.69) is 0 Å². The van der Waals surface area contributed by atoms with Gasteiger partial charge in [-0.2, -0.15) is 0 Å². The standard InChI is InChI=1S/C40H74N2O13/c1-16-29-40(11,48)33(45)25(6)42(14)20-21(2)18-38(9,47)34(55-37-31(44)28(41(12)13)17-22(3)50-37)23(4)32(24(5)36(46)53-29)54-30-19-39(10,49-15)35(26(7)51-30)52-27(8)43/h21-26,28-35,37,44-45,47-48H,16-20H2,1-15H3/t21-,22-,23+,24-,25-,26?,28+,29-,30?,31-,32+,33-,34-,35?,37+,38-,39?,40-/m1/s1. The SMILES string of the molecule is CC[C@H]1OC(=O)[C@H](C)[C@@H](OC2CC(C)(OC)C(OC(C)=O)C(C)O2)[C@H](C)[C@@H](O[C@@H]2O[C@H](C)C[C@H](N(C)C)[C@H]2O)[C@](C)(O)C[C@@H](C)CN(C)[C@H](C)[C@@H](O)[C@]1(C)O. The van der Waals surface area contributed by atoms with Gasteiger partial charge in [0.2, 0.25) is 0 Å². The zero-order valence-corrected chi connectivity index (χ0v) is 36.1. The first-order valence-corrected chi connectivity index (χ1v) is 20.0. The summed E-state index contributed by atoms with van der Waals surface area (Å²) in [6.07, 6.45) is -8.23. The number of esters is 2. The molecule has 3 fully saturated rings. The number of cyclic esters (lactones) is 1.